The molecule has 2 atom stereocenters. The lowest BCUT2D eigenvalue weighted by Crippen LogP contribution is -2.25. The number of aryl methyl sites for hydroxylation is 1. The van der Waals surface area contributed by atoms with E-state index in [0.717, 1.165) is 27.8 Å². The summed E-state index contributed by atoms with van der Waals surface area (Å²) in [6.45, 7) is 5.35. The van der Waals surface area contributed by atoms with Crippen molar-refractivity contribution in [1.29, 1.82) is 0 Å². The van der Waals surface area contributed by atoms with Crippen molar-refractivity contribution in [2.75, 3.05) is 13.3 Å². The molecule has 8 heteroatoms. The molecule has 1 N–H and O–H groups in total. The molecule has 2 unspecified atom stereocenters. The number of rotatable bonds is 7. The molecule has 2 aromatic carbocycles. The van der Waals surface area contributed by atoms with Crippen LogP contribution in [0, 0.1) is 18.6 Å². The molecule has 0 bridgehead atoms. The number of hydrogen-bond donors (Lipinski definition) is 1. The van der Waals surface area contributed by atoms with E-state index in [0.29, 0.717) is 11.1 Å². The zero-order valence-corrected chi connectivity index (χ0v) is 18.5. The van der Waals surface area contributed by atoms with Crippen LogP contribution in [0.1, 0.15) is 29.3 Å². The Labute approximate surface area is 178 Å². The lowest BCUT2D eigenvalue weighted by molar-refractivity contribution is -0.120. The van der Waals surface area contributed by atoms with Gasteiger partial charge in [0.1, 0.15) is 5.66 Å². The number of nitrogens with one attached hydrogen (secondary N) is 1. The van der Waals surface area contributed by atoms with Gasteiger partial charge in [0.2, 0.25) is 13.3 Å². The van der Waals surface area contributed by atoms with E-state index >= 15 is 0 Å². The number of carbonyl (C=O) groups is 1. The SMILES string of the molecule is CCOP(C)(=O)C(C(=O)N/C=C/c1ccc(F)c(F)c1)c1csc2ccc(C)cc12. The highest BCUT2D eigenvalue weighted by molar-refractivity contribution is 7.59. The molecule has 0 spiro atoms. The smallest absolute Gasteiger partial charge is 0.241 e. The summed E-state index contributed by atoms with van der Waals surface area (Å²) in [5.41, 5.74) is 1.06. The Kier molecular flexibility index (Phi) is 6.86. The number of halogens is 2. The summed E-state index contributed by atoms with van der Waals surface area (Å²) in [6, 6.07) is 9.34. The van der Waals surface area contributed by atoms with Crippen molar-refractivity contribution in [2.24, 2.45) is 0 Å². The van der Waals surface area contributed by atoms with Gasteiger partial charge < -0.3 is 9.84 Å². The van der Waals surface area contributed by atoms with Gasteiger partial charge in [0.05, 0.1) is 6.61 Å². The summed E-state index contributed by atoms with van der Waals surface area (Å²) < 4.78 is 46.2. The van der Waals surface area contributed by atoms with Crippen LogP contribution in [-0.4, -0.2) is 19.2 Å². The second kappa shape index (κ2) is 9.21. The van der Waals surface area contributed by atoms with Crippen LogP contribution in [-0.2, 0) is 13.9 Å². The van der Waals surface area contributed by atoms with E-state index in [-0.39, 0.29) is 6.61 Å². The van der Waals surface area contributed by atoms with Crippen LogP contribution in [0.2, 0.25) is 0 Å². The van der Waals surface area contributed by atoms with E-state index < -0.39 is 30.6 Å². The monoisotopic (exact) mass is 449 g/mol. The van der Waals surface area contributed by atoms with Gasteiger partial charge in [-0.25, -0.2) is 8.78 Å². The molecule has 0 aliphatic heterocycles. The van der Waals surface area contributed by atoms with Gasteiger partial charge in [-0.1, -0.05) is 23.8 Å². The summed E-state index contributed by atoms with van der Waals surface area (Å²) in [6.07, 6.45) is 2.77. The van der Waals surface area contributed by atoms with Crippen LogP contribution in [0.15, 0.2) is 48.0 Å². The Morgan fingerprint density at radius 3 is 2.70 bits per heavy atom. The zero-order valence-electron chi connectivity index (χ0n) is 16.8. The molecule has 0 radical (unpaired) electrons. The Bertz CT molecular complexity index is 1160. The zero-order chi connectivity index (χ0) is 21.9. The van der Waals surface area contributed by atoms with E-state index in [1.54, 1.807) is 6.92 Å². The third-order valence-electron chi connectivity index (χ3n) is 4.60. The Hall–Kier alpha value is -2.34. The summed E-state index contributed by atoms with van der Waals surface area (Å²) in [7, 11) is -3.34. The van der Waals surface area contributed by atoms with E-state index in [1.807, 2.05) is 30.5 Å². The van der Waals surface area contributed by atoms with Crippen molar-refractivity contribution in [1.82, 2.24) is 5.32 Å². The molecule has 4 nitrogen and oxygen atoms in total. The maximum Gasteiger partial charge on any atom is 0.241 e. The largest absolute Gasteiger partial charge is 0.332 e. The maximum atomic E-state index is 13.4. The fraction of sp³-hybridized carbons (Fsp3) is 0.227. The van der Waals surface area contributed by atoms with Crippen molar-refractivity contribution in [3.8, 4) is 0 Å². The van der Waals surface area contributed by atoms with Gasteiger partial charge in [0.25, 0.3) is 0 Å². The lowest BCUT2D eigenvalue weighted by Gasteiger charge is -2.23. The van der Waals surface area contributed by atoms with Crippen molar-refractivity contribution < 1.29 is 22.7 Å². The molecule has 158 valence electrons. The third-order valence-corrected chi connectivity index (χ3v) is 7.80. The molecule has 1 aromatic heterocycles. The second-order valence-electron chi connectivity index (χ2n) is 6.94. The van der Waals surface area contributed by atoms with E-state index in [1.165, 1.54) is 36.3 Å². The first-order valence-corrected chi connectivity index (χ1v) is 12.4. The molecule has 0 fully saturated rings. The standard InChI is InChI=1S/C22H22F2NO3PS/c1-4-28-29(3,27)21(17-13-30-20-8-5-14(2)11-16(17)20)22(26)25-10-9-15-6-7-18(23)19(24)12-15/h5-13,21H,4H2,1-3H3,(H,25,26)/b10-9+. The van der Waals surface area contributed by atoms with Gasteiger partial charge in [-0.15, -0.1) is 11.3 Å². The number of fused-ring (bicyclic) bond motifs is 1. The minimum atomic E-state index is -3.34. The van der Waals surface area contributed by atoms with Crippen molar-refractivity contribution in [3.63, 3.8) is 0 Å². The Morgan fingerprint density at radius 2 is 2.00 bits per heavy atom. The lowest BCUT2D eigenvalue weighted by atomic mass is 10.1. The summed E-state index contributed by atoms with van der Waals surface area (Å²) >= 11 is 1.47. The van der Waals surface area contributed by atoms with Gasteiger partial charge in [-0.3, -0.25) is 9.36 Å². The first kappa shape index (κ1) is 22.3. The second-order valence-corrected chi connectivity index (χ2v) is 10.4. The third kappa shape index (κ3) is 4.86. The Morgan fingerprint density at radius 1 is 1.23 bits per heavy atom. The topological polar surface area (TPSA) is 55.4 Å². The average Bonchev–Trinajstić information content (AvgIpc) is 3.07. The van der Waals surface area contributed by atoms with E-state index in [2.05, 4.69) is 5.32 Å². The van der Waals surface area contributed by atoms with Crippen LogP contribution in [0.5, 0.6) is 0 Å². The van der Waals surface area contributed by atoms with Gasteiger partial charge in [-0.05, 0) is 60.0 Å². The van der Waals surface area contributed by atoms with E-state index in [4.69, 9.17) is 4.52 Å². The minimum absolute atomic E-state index is 0.212. The maximum absolute atomic E-state index is 13.4. The molecule has 3 rings (SSSR count). The predicted molar refractivity (Wildman–Crippen MR) is 118 cm³/mol. The number of benzene rings is 2. The normalized spacial score (nSPS) is 14.7. The molecule has 3 aromatic rings. The Balaban J connectivity index is 1.93. The highest BCUT2D eigenvalue weighted by Crippen LogP contribution is 2.58. The van der Waals surface area contributed by atoms with Crippen LogP contribution in [0.3, 0.4) is 0 Å². The van der Waals surface area contributed by atoms with Gasteiger partial charge in [0, 0.05) is 17.6 Å². The van der Waals surface area contributed by atoms with Crippen LogP contribution in [0.4, 0.5) is 8.78 Å². The predicted octanol–water partition coefficient (Wildman–Crippen LogP) is 6.26. The van der Waals surface area contributed by atoms with Gasteiger partial charge in [0.15, 0.2) is 11.6 Å². The van der Waals surface area contributed by atoms with Crippen molar-refractivity contribution >= 4 is 40.8 Å². The highest BCUT2D eigenvalue weighted by Gasteiger charge is 2.38. The summed E-state index contributed by atoms with van der Waals surface area (Å²) in [5.74, 6) is -2.41. The summed E-state index contributed by atoms with van der Waals surface area (Å²) in [5, 5.41) is 5.32. The fourth-order valence-corrected chi connectivity index (χ4v) is 6.18. The van der Waals surface area contributed by atoms with Crippen molar-refractivity contribution in [3.05, 3.63) is 76.3 Å². The number of amides is 1. The number of thiophene rings is 1. The molecule has 0 saturated heterocycles. The first-order chi connectivity index (χ1) is 14.2. The quantitative estimate of drug-likeness (QED) is 0.433. The van der Waals surface area contributed by atoms with E-state index in [9.17, 15) is 18.1 Å². The first-order valence-electron chi connectivity index (χ1n) is 9.34. The van der Waals surface area contributed by atoms with Crippen molar-refractivity contribution in [2.45, 2.75) is 19.5 Å². The molecular formula is C22H22F2NO3PS. The molecule has 30 heavy (non-hydrogen) atoms. The number of hydrogen-bond acceptors (Lipinski definition) is 4. The molecule has 1 heterocycles. The minimum Gasteiger partial charge on any atom is -0.332 e. The van der Waals surface area contributed by atoms with Gasteiger partial charge in [-0.2, -0.15) is 0 Å². The molecular weight excluding hydrogens is 427 g/mol. The highest BCUT2D eigenvalue weighted by atomic mass is 32.1. The molecule has 0 aliphatic rings. The summed E-state index contributed by atoms with van der Waals surface area (Å²) in [4.78, 5) is 13.1. The van der Waals surface area contributed by atoms with Crippen LogP contribution < -0.4 is 5.32 Å². The average molecular weight is 449 g/mol. The molecule has 1 amide bonds. The number of carbonyl (C=O) groups excluding carboxylic acids is 1. The fourth-order valence-electron chi connectivity index (χ4n) is 3.23. The van der Waals surface area contributed by atoms with Gasteiger partial charge >= 0.3 is 0 Å². The molecule has 0 aliphatic carbocycles. The molecule has 0 saturated carbocycles. The van der Waals surface area contributed by atoms with Crippen LogP contribution in [0.25, 0.3) is 16.2 Å². The van der Waals surface area contributed by atoms with Crippen LogP contribution >= 0.6 is 18.7 Å².